The molecule has 1 rings (SSSR count). The van der Waals surface area contributed by atoms with E-state index >= 15 is 0 Å². The Labute approximate surface area is 70.6 Å². The van der Waals surface area contributed by atoms with E-state index < -0.39 is 6.10 Å². The molecular formula is C8H13NO3. The predicted molar refractivity (Wildman–Crippen MR) is 45.7 cm³/mol. The van der Waals surface area contributed by atoms with E-state index in [1.54, 1.807) is 18.2 Å². The second kappa shape index (κ2) is 4.71. The van der Waals surface area contributed by atoms with Crippen molar-refractivity contribution in [3.8, 4) is 5.75 Å². The molecule has 1 aromatic rings. The molecule has 0 aliphatic heterocycles. The van der Waals surface area contributed by atoms with Crippen molar-refractivity contribution < 1.29 is 15.7 Å². The fourth-order valence-corrected chi connectivity index (χ4v) is 0.868. The Hall–Kier alpha value is -1.10. The lowest BCUT2D eigenvalue weighted by atomic mass is 10.1. The van der Waals surface area contributed by atoms with E-state index in [0.717, 1.165) is 0 Å². The molecule has 1 unspecified atom stereocenters. The van der Waals surface area contributed by atoms with Crippen molar-refractivity contribution in [2.45, 2.75) is 6.10 Å². The maximum atomic E-state index is 9.22. The Morgan fingerprint density at radius 2 is 2.08 bits per heavy atom. The fraction of sp³-hybridized carbons (Fsp3) is 0.250. The number of hydrogen-bond acceptors (Lipinski definition) is 3. The van der Waals surface area contributed by atoms with E-state index in [4.69, 9.17) is 10.8 Å². The quantitative estimate of drug-likeness (QED) is 0.562. The van der Waals surface area contributed by atoms with Crippen molar-refractivity contribution >= 4 is 0 Å². The number of hydrogen-bond donors (Lipinski definition) is 3. The molecule has 0 fully saturated rings. The van der Waals surface area contributed by atoms with Gasteiger partial charge in [-0.25, -0.2) is 0 Å². The van der Waals surface area contributed by atoms with Crippen LogP contribution in [0.1, 0.15) is 11.7 Å². The number of aromatic hydroxyl groups is 1. The molecule has 0 aliphatic carbocycles. The van der Waals surface area contributed by atoms with Gasteiger partial charge in [-0.15, -0.1) is 0 Å². The average Bonchev–Trinajstić information content (AvgIpc) is 2.03. The Morgan fingerprint density at radius 3 is 2.58 bits per heavy atom. The predicted octanol–water partition coefficient (Wildman–Crippen LogP) is -0.440. The summed E-state index contributed by atoms with van der Waals surface area (Å²) >= 11 is 0. The van der Waals surface area contributed by atoms with Crippen LogP contribution >= 0.6 is 0 Å². The molecule has 0 saturated heterocycles. The summed E-state index contributed by atoms with van der Waals surface area (Å²) in [6, 6.07) is 6.44. The lowest BCUT2D eigenvalue weighted by molar-refractivity contribution is 0.186. The van der Waals surface area contributed by atoms with Gasteiger partial charge in [-0.1, -0.05) is 12.1 Å². The Morgan fingerprint density at radius 1 is 1.42 bits per heavy atom. The minimum absolute atomic E-state index is 0. The van der Waals surface area contributed by atoms with Gasteiger partial charge in [0.15, 0.2) is 0 Å². The molecule has 4 nitrogen and oxygen atoms in total. The molecular weight excluding hydrogens is 158 g/mol. The van der Waals surface area contributed by atoms with Gasteiger partial charge in [0, 0.05) is 6.54 Å². The van der Waals surface area contributed by atoms with Crippen LogP contribution < -0.4 is 5.73 Å². The monoisotopic (exact) mass is 171 g/mol. The van der Waals surface area contributed by atoms with E-state index in [0.29, 0.717) is 5.56 Å². The minimum Gasteiger partial charge on any atom is -0.508 e. The van der Waals surface area contributed by atoms with Crippen LogP contribution in [0.3, 0.4) is 0 Å². The van der Waals surface area contributed by atoms with Crippen LogP contribution in [0.15, 0.2) is 24.3 Å². The van der Waals surface area contributed by atoms with E-state index in [2.05, 4.69) is 0 Å². The standard InChI is InChI=1S/C8H11NO2.H2O/c9-5-8(11)6-2-1-3-7(10)4-6;/h1-4,8,10-11H,5,9H2;1H2. The SMILES string of the molecule is NCC(O)c1cccc(O)c1.O. The smallest absolute Gasteiger partial charge is 0.115 e. The summed E-state index contributed by atoms with van der Waals surface area (Å²) in [6.07, 6.45) is -0.679. The molecule has 68 valence electrons. The Balaban J connectivity index is 0.00000121. The third-order valence-electron chi connectivity index (χ3n) is 1.48. The number of rotatable bonds is 2. The van der Waals surface area contributed by atoms with E-state index in [1.165, 1.54) is 6.07 Å². The molecule has 0 aromatic heterocycles. The average molecular weight is 171 g/mol. The lowest BCUT2D eigenvalue weighted by Gasteiger charge is -2.06. The van der Waals surface area contributed by atoms with Crippen LogP contribution in [-0.2, 0) is 0 Å². The van der Waals surface area contributed by atoms with Crippen molar-refractivity contribution in [1.29, 1.82) is 0 Å². The van der Waals surface area contributed by atoms with Crippen molar-refractivity contribution in [1.82, 2.24) is 0 Å². The lowest BCUT2D eigenvalue weighted by Crippen LogP contribution is -2.11. The normalized spacial score (nSPS) is 11.8. The topological polar surface area (TPSA) is 98.0 Å². The summed E-state index contributed by atoms with van der Waals surface area (Å²) in [7, 11) is 0. The zero-order valence-corrected chi connectivity index (χ0v) is 6.57. The van der Waals surface area contributed by atoms with E-state index in [-0.39, 0.29) is 17.8 Å². The molecule has 0 aliphatic rings. The van der Waals surface area contributed by atoms with Crippen LogP contribution in [0.4, 0.5) is 0 Å². The second-order valence-corrected chi connectivity index (χ2v) is 2.35. The van der Waals surface area contributed by atoms with Gasteiger partial charge >= 0.3 is 0 Å². The molecule has 0 saturated carbocycles. The Kier molecular flexibility index (Phi) is 4.28. The summed E-state index contributed by atoms with van der Waals surface area (Å²) in [4.78, 5) is 0. The van der Waals surface area contributed by atoms with Crippen LogP contribution in [0.2, 0.25) is 0 Å². The fourth-order valence-electron chi connectivity index (χ4n) is 0.868. The third-order valence-corrected chi connectivity index (χ3v) is 1.48. The molecule has 0 radical (unpaired) electrons. The highest BCUT2D eigenvalue weighted by Gasteiger charge is 2.03. The van der Waals surface area contributed by atoms with Crippen molar-refractivity contribution in [2.24, 2.45) is 5.73 Å². The zero-order chi connectivity index (χ0) is 8.27. The highest BCUT2D eigenvalue weighted by atomic mass is 16.3. The Bertz CT molecular complexity index is 239. The first-order valence-electron chi connectivity index (χ1n) is 3.41. The van der Waals surface area contributed by atoms with Crippen molar-refractivity contribution in [2.75, 3.05) is 6.54 Å². The van der Waals surface area contributed by atoms with E-state index in [9.17, 15) is 5.11 Å². The molecule has 0 heterocycles. The first-order chi connectivity index (χ1) is 5.24. The number of benzene rings is 1. The molecule has 0 amide bonds. The largest absolute Gasteiger partial charge is 0.508 e. The number of phenols is 1. The summed E-state index contributed by atoms with van der Waals surface area (Å²) in [6.45, 7) is 0.170. The molecule has 12 heavy (non-hydrogen) atoms. The molecule has 0 spiro atoms. The zero-order valence-electron chi connectivity index (χ0n) is 6.57. The number of aliphatic hydroxyl groups excluding tert-OH is 1. The number of phenolic OH excluding ortho intramolecular Hbond substituents is 1. The highest BCUT2D eigenvalue weighted by Crippen LogP contribution is 2.16. The molecule has 6 N–H and O–H groups in total. The number of nitrogens with two attached hydrogens (primary N) is 1. The molecule has 1 atom stereocenters. The highest BCUT2D eigenvalue weighted by molar-refractivity contribution is 5.28. The maximum Gasteiger partial charge on any atom is 0.115 e. The maximum absolute atomic E-state index is 9.22. The van der Waals surface area contributed by atoms with Crippen LogP contribution in [-0.4, -0.2) is 22.2 Å². The van der Waals surface area contributed by atoms with E-state index in [1.807, 2.05) is 0 Å². The van der Waals surface area contributed by atoms with Gasteiger partial charge in [0.1, 0.15) is 5.75 Å². The van der Waals surface area contributed by atoms with Crippen LogP contribution in [0, 0.1) is 0 Å². The minimum atomic E-state index is -0.679. The van der Waals surface area contributed by atoms with Crippen LogP contribution in [0.5, 0.6) is 5.75 Å². The van der Waals surface area contributed by atoms with Gasteiger partial charge in [0.25, 0.3) is 0 Å². The number of aliphatic hydroxyl groups is 1. The van der Waals surface area contributed by atoms with Gasteiger partial charge in [-0.2, -0.15) is 0 Å². The first-order valence-corrected chi connectivity index (χ1v) is 3.41. The molecule has 0 bridgehead atoms. The van der Waals surface area contributed by atoms with Gasteiger partial charge in [0.05, 0.1) is 6.10 Å². The van der Waals surface area contributed by atoms with Gasteiger partial charge in [0.2, 0.25) is 0 Å². The molecule has 1 aromatic carbocycles. The van der Waals surface area contributed by atoms with Crippen molar-refractivity contribution in [3.63, 3.8) is 0 Å². The molecule has 4 heteroatoms. The van der Waals surface area contributed by atoms with Gasteiger partial charge in [-0.05, 0) is 17.7 Å². The van der Waals surface area contributed by atoms with Crippen LogP contribution in [0.25, 0.3) is 0 Å². The van der Waals surface area contributed by atoms with Gasteiger partial charge < -0.3 is 21.4 Å². The summed E-state index contributed by atoms with van der Waals surface area (Å²) in [5.41, 5.74) is 5.87. The third kappa shape index (κ3) is 2.50. The summed E-state index contributed by atoms with van der Waals surface area (Å²) < 4.78 is 0. The first kappa shape index (κ1) is 10.9. The van der Waals surface area contributed by atoms with Crippen molar-refractivity contribution in [3.05, 3.63) is 29.8 Å². The van der Waals surface area contributed by atoms with Gasteiger partial charge in [-0.3, -0.25) is 0 Å². The summed E-state index contributed by atoms with van der Waals surface area (Å²) in [5, 5.41) is 18.2. The second-order valence-electron chi connectivity index (χ2n) is 2.35. The summed E-state index contributed by atoms with van der Waals surface area (Å²) in [5.74, 6) is 0.148.